The van der Waals surface area contributed by atoms with Gasteiger partial charge in [-0.3, -0.25) is 4.79 Å². The lowest BCUT2D eigenvalue weighted by molar-refractivity contribution is -0.136. The molecule has 0 fully saturated rings. The first-order chi connectivity index (χ1) is 9.77. The number of carbonyl (C=O) groups excluding carboxylic acids is 1. The molecule has 0 aliphatic carbocycles. The van der Waals surface area contributed by atoms with Gasteiger partial charge >= 0.3 is 6.18 Å². The van der Waals surface area contributed by atoms with Gasteiger partial charge in [0.05, 0.1) is 11.3 Å². The van der Waals surface area contributed by atoms with E-state index in [1.54, 1.807) is 0 Å². The number of hydrogen-bond acceptors (Lipinski definition) is 4. The summed E-state index contributed by atoms with van der Waals surface area (Å²) in [6.45, 7) is 0. The summed E-state index contributed by atoms with van der Waals surface area (Å²) in [5, 5.41) is 8.97. The molecule has 0 saturated carbocycles. The Labute approximate surface area is 121 Å². The molecule has 0 spiro atoms. The molecule has 0 aliphatic rings. The van der Waals surface area contributed by atoms with Gasteiger partial charge in [-0.05, 0) is 30.3 Å². The number of anilines is 2. The highest BCUT2D eigenvalue weighted by Gasteiger charge is 2.34. The summed E-state index contributed by atoms with van der Waals surface area (Å²) in [7, 11) is 0. The van der Waals surface area contributed by atoms with Crippen LogP contribution in [0.25, 0.3) is 0 Å². The number of nitrogens with one attached hydrogen (secondary N) is 1. The van der Waals surface area contributed by atoms with E-state index in [2.05, 4.69) is 15.5 Å². The monoisotopic (exact) mass is 316 g/mol. The molecule has 1 amide bonds. The predicted molar refractivity (Wildman–Crippen MR) is 70.9 cm³/mol. The molecule has 0 bridgehead atoms. The van der Waals surface area contributed by atoms with Crippen molar-refractivity contribution in [2.45, 2.75) is 6.18 Å². The van der Waals surface area contributed by atoms with Crippen LogP contribution in [-0.4, -0.2) is 16.1 Å². The molecular weight excluding hydrogens is 309 g/mol. The van der Waals surface area contributed by atoms with Crippen molar-refractivity contribution in [2.24, 2.45) is 0 Å². The molecular formula is C12H8ClF3N4O. The van der Waals surface area contributed by atoms with Crippen molar-refractivity contribution >= 4 is 29.0 Å². The fraction of sp³-hybridized carbons (Fsp3) is 0.0833. The van der Waals surface area contributed by atoms with Gasteiger partial charge in [-0.2, -0.15) is 13.2 Å². The Bertz CT molecular complexity index is 673. The first kappa shape index (κ1) is 15.0. The lowest BCUT2D eigenvalue weighted by atomic mass is 10.1. The van der Waals surface area contributed by atoms with Gasteiger partial charge in [0.1, 0.15) is 5.82 Å². The van der Waals surface area contributed by atoms with Crippen molar-refractivity contribution < 1.29 is 18.0 Å². The van der Waals surface area contributed by atoms with E-state index in [0.29, 0.717) is 0 Å². The Morgan fingerprint density at radius 3 is 2.48 bits per heavy atom. The molecule has 9 heteroatoms. The zero-order chi connectivity index (χ0) is 15.6. The number of aromatic nitrogens is 2. The van der Waals surface area contributed by atoms with E-state index in [1.807, 2.05) is 0 Å². The summed E-state index contributed by atoms with van der Waals surface area (Å²) in [6, 6.07) is 5.59. The predicted octanol–water partition coefficient (Wildman–Crippen LogP) is 2.98. The maximum atomic E-state index is 12.9. The molecule has 0 atom stereocenters. The molecule has 0 saturated heterocycles. The molecule has 3 N–H and O–H groups in total. The Kier molecular flexibility index (Phi) is 3.99. The van der Waals surface area contributed by atoms with E-state index in [1.165, 1.54) is 18.2 Å². The number of nitrogens with two attached hydrogens (primary N) is 1. The average Bonchev–Trinajstić information content (AvgIpc) is 2.40. The highest BCUT2D eigenvalue weighted by Crippen LogP contribution is 2.36. The molecule has 0 unspecified atom stereocenters. The maximum Gasteiger partial charge on any atom is 0.418 e. The van der Waals surface area contributed by atoms with Crippen LogP contribution < -0.4 is 11.1 Å². The Hall–Kier alpha value is -2.35. The van der Waals surface area contributed by atoms with Crippen LogP contribution in [0.1, 0.15) is 16.1 Å². The molecule has 1 aromatic heterocycles. The Morgan fingerprint density at radius 1 is 1.19 bits per heavy atom. The normalized spacial score (nSPS) is 11.2. The molecule has 110 valence electrons. The van der Waals surface area contributed by atoms with Crippen LogP contribution in [0.2, 0.25) is 5.02 Å². The second kappa shape index (κ2) is 5.57. The van der Waals surface area contributed by atoms with E-state index < -0.39 is 23.3 Å². The fourth-order valence-corrected chi connectivity index (χ4v) is 1.68. The van der Waals surface area contributed by atoms with Gasteiger partial charge in [0.15, 0.2) is 5.69 Å². The zero-order valence-electron chi connectivity index (χ0n) is 10.3. The zero-order valence-corrected chi connectivity index (χ0v) is 11.0. The largest absolute Gasteiger partial charge is 0.418 e. The molecule has 2 aromatic rings. The summed E-state index contributed by atoms with van der Waals surface area (Å²) in [6.07, 6.45) is -4.65. The quantitative estimate of drug-likeness (QED) is 0.892. The number of nitrogens with zero attached hydrogens (tertiary/aromatic N) is 2. The van der Waals surface area contributed by atoms with E-state index in [0.717, 1.165) is 12.1 Å². The number of alkyl halides is 3. The number of nitrogen functional groups attached to an aromatic ring is 1. The first-order valence-electron chi connectivity index (χ1n) is 5.54. The van der Waals surface area contributed by atoms with Crippen LogP contribution in [0.5, 0.6) is 0 Å². The standard InChI is InChI=1S/C12H8ClF3N4O/c13-6-1-2-8(7(5-6)12(14,15)16)18-11(21)9-3-4-10(17)20-19-9/h1-5H,(H2,17,20)(H,18,21). The molecule has 5 nitrogen and oxygen atoms in total. The van der Waals surface area contributed by atoms with Gasteiger partial charge in [0.25, 0.3) is 5.91 Å². The fourth-order valence-electron chi connectivity index (χ4n) is 1.51. The van der Waals surface area contributed by atoms with Crippen molar-refractivity contribution in [3.05, 3.63) is 46.6 Å². The van der Waals surface area contributed by atoms with Crippen molar-refractivity contribution in [1.29, 1.82) is 0 Å². The highest BCUT2D eigenvalue weighted by atomic mass is 35.5. The van der Waals surface area contributed by atoms with Crippen molar-refractivity contribution in [3.8, 4) is 0 Å². The highest BCUT2D eigenvalue weighted by molar-refractivity contribution is 6.30. The first-order valence-corrected chi connectivity index (χ1v) is 5.92. The molecule has 1 heterocycles. The van der Waals surface area contributed by atoms with E-state index >= 15 is 0 Å². The summed E-state index contributed by atoms with van der Waals surface area (Å²) in [5.74, 6) is -0.746. The van der Waals surface area contributed by atoms with E-state index in [4.69, 9.17) is 17.3 Å². The second-order valence-electron chi connectivity index (χ2n) is 3.99. The molecule has 2 rings (SSSR count). The third-order valence-electron chi connectivity index (χ3n) is 2.45. The van der Waals surface area contributed by atoms with Crippen LogP contribution in [0, 0.1) is 0 Å². The van der Waals surface area contributed by atoms with Crippen molar-refractivity contribution in [1.82, 2.24) is 10.2 Å². The minimum absolute atomic E-state index is 0.0902. The second-order valence-corrected chi connectivity index (χ2v) is 4.42. The molecule has 21 heavy (non-hydrogen) atoms. The minimum atomic E-state index is -4.65. The van der Waals surface area contributed by atoms with Crippen molar-refractivity contribution in [3.63, 3.8) is 0 Å². The van der Waals surface area contributed by atoms with Gasteiger partial charge in [0.2, 0.25) is 0 Å². The topological polar surface area (TPSA) is 80.9 Å². The van der Waals surface area contributed by atoms with Gasteiger partial charge in [0, 0.05) is 5.02 Å². The van der Waals surface area contributed by atoms with Crippen LogP contribution in [0.15, 0.2) is 30.3 Å². The van der Waals surface area contributed by atoms with Crippen LogP contribution in [-0.2, 0) is 6.18 Å². The summed E-state index contributed by atoms with van der Waals surface area (Å²) in [4.78, 5) is 11.8. The number of rotatable bonds is 2. The lowest BCUT2D eigenvalue weighted by Crippen LogP contribution is -2.18. The number of hydrogen-bond donors (Lipinski definition) is 2. The van der Waals surface area contributed by atoms with E-state index in [9.17, 15) is 18.0 Å². The summed E-state index contributed by atoms with van der Waals surface area (Å²) >= 11 is 5.54. The summed E-state index contributed by atoms with van der Waals surface area (Å²) in [5.41, 5.74) is 3.68. The van der Waals surface area contributed by atoms with Crippen molar-refractivity contribution in [2.75, 3.05) is 11.1 Å². The molecule has 0 radical (unpaired) electrons. The van der Waals surface area contributed by atoms with Gasteiger partial charge < -0.3 is 11.1 Å². The maximum absolute atomic E-state index is 12.9. The van der Waals surface area contributed by atoms with Gasteiger partial charge in [-0.1, -0.05) is 11.6 Å². The lowest BCUT2D eigenvalue weighted by Gasteiger charge is -2.13. The number of halogens is 4. The molecule has 0 aliphatic heterocycles. The van der Waals surface area contributed by atoms with Crippen LogP contribution in [0.4, 0.5) is 24.7 Å². The number of carbonyl (C=O) groups is 1. The Balaban J connectivity index is 2.31. The number of amides is 1. The van der Waals surface area contributed by atoms with Gasteiger partial charge in [-0.15, -0.1) is 10.2 Å². The number of benzene rings is 1. The van der Waals surface area contributed by atoms with Gasteiger partial charge in [-0.25, -0.2) is 0 Å². The third kappa shape index (κ3) is 3.60. The smallest absolute Gasteiger partial charge is 0.382 e. The third-order valence-corrected chi connectivity index (χ3v) is 2.69. The van der Waals surface area contributed by atoms with Crippen LogP contribution in [0.3, 0.4) is 0 Å². The minimum Gasteiger partial charge on any atom is -0.382 e. The molecule has 1 aromatic carbocycles. The van der Waals surface area contributed by atoms with Crippen LogP contribution >= 0.6 is 11.6 Å². The SMILES string of the molecule is Nc1ccc(C(=O)Nc2ccc(Cl)cc2C(F)(F)F)nn1. The van der Waals surface area contributed by atoms with E-state index in [-0.39, 0.29) is 16.5 Å². The average molecular weight is 317 g/mol. The summed E-state index contributed by atoms with van der Waals surface area (Å²) < 4.78 is 38.6. The Morgan fingerprint density at radius 2 is 1.90 bits per heavy atom.